The van der Waals surface area contributed by atoms with Crippen LogP contribution in [-0.2, 0) is 5.72 Å². The monoisotopic (exact) mass is 377 g/mol. The average molecular weight is 377 g/mol. The molecule has 0 aromatic heterocycles. The number of rotatable bonds is 3. The van der Waals surface area contributed by atoms with Gasteiger partial charge in [0.2, 0.25) is 5.72 Å². The van der Waals surface area contributed by atoms with E-state index in [1.54, 1.807) is 24.3 Å². The lowest BCUT2D eigenvalue weighted by atomic mass is 9.90. The first-order valence-electron chi connectivity index (χ1n) is 9.09. The van der Waals surface area contributed by atoms with Gasteiger partial charge >= 0.3 is 0 Å². The van der Waals surface area contributed by atoms with Crippen molar-refractivity contribution >= 4 is 16.7 Å². The lowest BCUT2D eigenvalue weighted by Crippen LogP contribution is -2.48. The zero-order valence-corrected chi connectivity index (χ0v) is 15.5. The fourth-order valence-corrected chi connectivity index (χ4v) is 4.57. The number of amides is 1. The van der Waals surface area contributed by atoms with E-state index < -0.39 is 5.72 Å². The summed E-state index contributed by atoms with van der Waals surface area (Å²) in [4.78, 5) is 14.7. The summed E-state index contributed by atoms with van der Waals surface area (Å²) >= 11 is 0. The maximum Gasteiger partial charge on any atom is 0.258 e. The minimum absolute atomic E-state index is 0.0320. The Morgan fingerprint density at radius 2 is 2.00 bits per heavy atom. The van der Waals surface area contributed by atoms with Crippen LogP contribution in [0.15, 0.2) is 42.5 Å². The second-order valence-electron chi connectivity index (χ2n) is 7.13. The molecule has 5 rings (SSSR count). The molecule has 0 saturated carbocycles. The third-order valence-corrected chi connectivity index (χ3v) is 5.56. The third-order valence-electron chi connectivity index (χ3n) is 5.56. The Morgan fingerprint density at radius 3 is 2.75 bits per heavy atom. The van der Waals surface area contributed by atoms with Gasteiger partial charge in [0, 0.05) is 11.9 Å². The lowest BCUT2D eigenvalue weighted by Gasteiger charge is -2.36. The van der Waals surface area contributed by atoms with Crippen LogP contribution < -0.4 is 9.47 Å². The van der Waals surface area contributed by atoms with E-state index in [1.165, 1.54) is 12.0 Å². The second-order valence-corrected chi connectivity index (χ2v) is 7.13. The van der Waals surface area contributed by atoms with E-state index in [-0.39, 0.29) is 24.8 Å². The highest BCUT2D eigenvalue weighted by Gasteiger charge is 2.59. The predicted molar refractivity (Wildman–Crippen MR) is 103 cm³/mol. The number of aryl methyl sites for hydroxylation is 1. The summed E-state index contributed by atoms with van der Waals surface area (Å²) in [6, 6.07) is 12.6. The molecule has 0 radical (unpaired) electrons. The van der Waals surface area contributed by atoms with Crippen LogP contribution >= 0.6 is 0 Å². The molecular formula is C22H19NO5. The Bertz CT molecular complexity index is 1160. The highest BCUT2D eigenvalue weighted by molar-refractivity contribution is 6.05. The first kappa shape index (κ1) is 16.9. The molecule has 0 bridgehead atoms. The number of hydrogen-bond acceptors (Lipinski definition) is 5. The van der Waals surface area contributed by atoms with Crippen molar-refractivity contribution in [1.29, 1.82) is 0 Å². The number of aliphatic hydroxyl groups is 1. The predicted octanol–water partition coefficient (Wildman–Crippen LogP) is 2.90. The van der Waals surface area contributed by atoms with Crippen LogP contribution in [0, 0.1) is 6.92 Å². The molecule has 6 heteroatoms. The Kier molecular flexibility index (Phi) is 3.39. The van der Waals surface area contributed by atoms with Crippen molar-refractivity contribution in [1.82, 2.24) is 4.90 Å². The zero-order valence-electron chi connectivity index (χ0n) is 15.5. The van der Waals surface area contributed by atoms with Crippen molar-refractivity contribution < 1.29 is 24.5 Å². The highest BCUT2D eigenvalue weighted by atomic mass is 16.5. The summed E-state index contributed by atoms with van der Waals surface area (Å²) in [5.41, 5.74) is 1.11. The van der Waals surface area contributed by atoms with E-state index in [9.17, 15) is 15.0 Å². The quantitative estimate of drug-likeness (QED) is 0.734. The van der Waals surface area contributed by atoms with E-state index in [2.05, 4.69) is 0 Å². The van der Waals surface area contributed by atoms with Gasteiger partial charge in [-0.3, -0.25) is 9.69 Å². The summed E-state index contributed by atoms with van der Waals surface area (Å²) in [5, 5.41) is 22.2. The van der Waals surface area contributed by atoms with E-state index in [1.807, 2.05) is 25.1 Å². The fraction of sp³-hybridized carbons (Fsp3) is 0.227. The number of aromatic hydroxyl groups is 1. The summed E-state index contributed by atoms with van der Waals surface area (Å²) in [6.07, 6.45) is 0. The van der Waals surface area contributed by atoms with Gasteiger partial charge in [0.1, 0.15) is 17.2 Å². The van der Waals surface area contributed by atoms with Crippen LogP contribution in [0.2, 0.25) is 0 Å². The van der Waals surface area contributed by atoms with E-state index in [0.717, 1.165) is 16.3 Å². The van der Waals surface area contributed by atoms with Crippen LogP contribution in [0.3, 0.4) is 0 Å². The molecule has 3 aromatic rings. The van der Waals surface area contributed by atoms with Crippen LogP contribution in [0.4, 0.5) is 0 Å². The number of carbonyl (C=O) groups is 1. The van der Waals surface area contributed by atoms with Gasteiger partial charge in [0.05, 0.1) is 30.4 Å². The normalized spacial score (nSPS) is 19.4. The largest absolute Gasteiger partial charge is 0.507 e. The summed E-state index contributed by atoms with van der Waals surface area (Å²) < 4.78 is 12.1. The van der Waals surface area contributed by atoms with Gasteiger partial charge in [-0.2, -0.15) is 0 Å². The Balaban J connectivity index is 1.93. The fourth-order valence-electron chi connectivity index (χ4n) is 4.57. The molecule has 0 saturated heterocycles. The number of hydrogen-bond donors (Lipinski definition) is 2. The Labute approximate surface area is 161 Å². The third kappa shape index (κ3) is 1.88. The number of phenolic OH excluding ortho intramolecular Hbond substituents is 1. The number of methoxy groups -OCH3 is 1. The average Bonchev–Trinajstić information content (AvgIpc) is 3.14. The van der Waals surface area contributed by atoms with Crippen LogP contribution in [0.5, 0.6) is 17.2 Å². The number of ether oxygens (including phenoxy) is 2. The summed E-state index contributed by atoms with van der Waals surface area (Å²) in [6.45, 7) is 1.79. The van der Waals surface area contributed by atoms with Gasteiger partial charge in [0.25, 0.3) is 5.91 Å². The van der Waals surface area contributed by atoms with Gasteiger partial charge in [-0.25, -0.2) is 0 Å². The van der Waals surface area contributed by atoms with Crippen molar-refractivity contribution in [3.63, 3.8) is 0 Å². The number of benzene rings is 3. The van der Waals surface area contributed by atoms with E-state index in [4.69, 9.17) is 9.47 Å². The smallest absolute Gasteiger partial charge is 0.258 e. The Morgan fingerprint density at radius 1 is 1.18 bits per heavy atom. The molecule has 1 atom stereocenters. The summed E-state index contributed by atoms with van der Waals surface area (Å²) in [5.74, 6) is 0.844. The van der Waals surface area contributed by atoms with Crippen LogP contribution in [0.1, 0.15) is 27.0 Å². The highest BCUT2D eigenvalue weighted by Crippen LogP contribution is 2.58. The molecule has 6 nitrogen and oxygen atoms in total. The molecule has 142 valence electrons. The minimum atomic E-state index is -1.39. The van der Waals surface area contributed by atoms with E-state index >= 15 is 0 Å². The molecule has 1 spiro atoms. The van der Waals surface area contributed by atoms with Crippen LogP contribution in [-0.4, -0.2) is 41.3 Å². The first-order chi connectivity index (χ1) is 13.5. The van der Waals surface area contributed by atoms with Gasteiger partial charge < -0.3 is 19.7 Å². The molecule has 1 amide bonds. The maximum absolute atomic E-state index is 13.3. The number of phenols is 1. The summed E-state index contributed by atoms with van der Waals surface area (Å²) in [7, 11) is 1.54. The van der Waals surface area contributed by atoms with Gasteiger partial charge in [-0.1, -0.05) is 18.2 Å². The number of fused-ring (bicyclic) bond motifs is 3. The van der Waals surface area contributed by atoms with Crippen molar-refractivity contribution in [3.05, 3.63) is 64.7 Å². The maximum atomic E-state index is 13.3. The standard InChI is InChI=1S/C22H19NO5/c1-12-10-13-6-7-15(25)20-18(13)17(11-12)28-22(20)19-14(4-3-5-16(19)27-2)21(26)23(22)8-9-24/h3-7,10-11,24-25H,8-9H2,1-2H3/t22-/m1/s1. The van der Waals surface area contributed by atoms with Gasteiger partial charge in [-0.15, -0.1) is 0 Å². The molecule has 3 aromatic carbocycles. The molecule has 2 aliphatic rings. The number of aliphatic hydroxyl groups excluding tert-OH is 1. The van der Waals surface area contributed by atoms with Crippen molar-refractivity contribution in [2.75, 3.05) is 20.3 Å². The molecule has 2 N–H and O–H groups in total. The second kappa shape index (κ2) is 5.62. The van der Waals surface area contributed by atoms with Crippen molar-refractivity contribution in [3.8, 4) is 17.2 Å². The molecule has 0 fully saturated rings. The number of carbonyl (C=O) groups excluding carboxylic acids is 1. The molecule has 0 unspecified atom stereocenters. The molecule has 0 aliphatic carbocycles. The number of β-amino-alcohol motifs (C(OH)–C–C–N with tert-alkyl or cyclic N) is 1. The zero-order chi connectivity index (χ0) is 19.6. The topological polar surface area (TPSA) is 79.2 Å². The van der Waals surface area contributed by atoms with Gasteiger partial charge in [-0.05, 0) is 42.1 Å². The van der Waals surface area contributed by atoms with E-state index in [0.29, 0.717) is 28.2 Å². The lowest BCUT2D eigenvalue weighted by molar-refractivity contribution is -0.0281. The molecule has 28 heavy (non-hydrogen) atoms. The number of nitrogens with zero attached hydrogens (tertiary/aromatic N) is 1. The molecule has 2 heterocycles. The molecule has 2 aliphatic heterocycles. The van der Waals surface area contributed by atoms with Crippen molar-refractivity contribution in [2.24, 2.45) is 0 Å². The van der Waals surface area contributed by atoms with Crippen LogP contribution in [0.25, 0.3) is 10.8 Å². The first-order valence-corrected chi connectivity index (χ1v) is 9.09. The van der Waals surface area contributed by atoms with Gasteiger partial charge in [0.15, 0.2) is 0 Å². The molecular weight excluding hydrogens is 358 g/mol. The minimum Gasteiger partial charge on any atom is -0.507 e. The Hall–Kier alpha value is -3.25. The van der Waals surface area contributed by atoms with Crippen molar-refractivity contribution in [2.45, 2.75) is 12.6 Å². The SMILES string of the molecule is COc1cccc2c1[C@]1(Oc3cc(C)cc4ccc(O)c1c34)N(CCO)C2=O.